The van der Waals surface area contributed by atoms with Crippen LogP contribution in [0.5, 0.6) is 0 Å². The first-order valence-corrected chi connectivity index (χ1v) is 7.62. The fourth-order valence-electron chi connectivity index (χ4n) is 3.09. The van der Waals surface area contributed by atoms with E-state index >= 15 is 0 Å². The Kier molecular flexibility index (Phi) is 7.07. The van der Waals surface area contributed by atoms with Gasteiger partial charge in [-0.15, -0.1) is 12.4 Å². The van der Waals surface area contributed by atoms with Crippen molar-refractivity contribution < 1.29 is 23.1 Å². The SMILES string of the molecule is Cl.NC[C@H]1CCC[C@H]1C(=O)NCC(O)(c1ccccc1)C(F)(F)F. The Labute approximate surface area is 145 Å². The molecule has 1 aromatic rings. The Bertz CT molecular complexity index is 542. The maximum Gasteiger partial charge on any atom is 0.423 e. The summed E-state index contributed by atoms with van der Waals surface area (Å²) in [6.45, 7) is -0.576. The lowest BCUT2D eigenvalue weighted by atomic mass is 9.91. The van der Waals surface area contributed by atoms with Gasteiger partial charge in [0.1, 0.15) is 0 Å². The zero-order chi connectivity index (χ0) is 17.1. The molecule has 1 aliphatic rings. The Morgan fingerprint density at radius 3 is 2.42 bits per heavy atom. The highest BCUT2D eigenvalue weighted by atomic mass is 35.5. The number of nitrogens with two attached hydrogens (primary N) is 1. The topological polar surface area (TPSA) is 75.4 Å². The minimum Gasteiger partial charge on any atom is -0.375 e. The summed E-state index contributed by atoms with van der Waals surface area (Å²) in [6, 6.07) is 6.77. The van der Waals surface area contributed by atoms with Gasteiger partial charge in [-0.25, -0.2) is 0 Å². The third kappa shape index (κ3) is 4.20. The molecule has 0 bridgehead atoms. The van der Waals surface area contributed by atoms with Crippen molar-refractivity contribution in [1.29, 1.82) is 0 Å². The smallest absolute Gasteiger partial charge is 0.375 e. The number of halogens is 4. The van der Waals surface area contributed by atoms with Gasteiger partial charge in [0, 0.05) is 5.92 Å². The second-order valence-electron chi connectivity index (χ2n) is 5.98. The molecule has 0 radical (unpaired) electrons. The molecule has 1 aliphatic carbocycles. The lowest BCUT2D eigenvalue weighted by molar-refractivity contribution is -0.264. The number of hydrogen-bond donors (Lipinski definition) is 3. The molecular formula is C16H22ClF3N2O2. The number of aliphatic hydroxyl groups is 1. The number of benzene rings is 1. The van der Waals surface area contributed by atoms with Gasteiger partial charge in [-0.2, -0.15) is 13.2 Å². The van der Waals surface area contributed by atoms with E-state index in [-0.39, 0.29) is 29.8 Å². The monoisotopic (exact) mass is 366 g/mol. The summed E-state index contributed by atoms with van der Waals surface area (Å²) in [7, 11) is 0. The lowest BCUT2D eigenvalue weighted by Crippen LogP contribution is -2.52. The summed E-state index contributed by atoms with van der Waals surface area (Å²) in [5.74, 6) is -0.865. The van der Waals surface area contributed by atoms with Crippen LogP contribution in [0.4, 0.5) is 13.2 Å². The number of alkyl halides is 3. The van der Waals surface area contributed by atoms with E-state index in [0.29, 0.717) is 13.0 Å². The fraction of sp³-hybridized carbons (Fsp3) is 0.562. The molecule has 0 aliphatic heterocycles. The van der Waals surface area contributed by atoms with E-state index in [1.54, 1.807) is 6.07 Å². The first kappa shape index (κ1) is 20.7. The van der Waals surface area contributed by atoms with Crippen LogP contribution in [0.15, 0.2) is 30.3 Å². The van der Waals surface area contributed by atoms with E-state index in [9.17, 15) is 23.1 Å². The average Bonchev–Trinajstić information content (AvgIpc) is 3.00. The molecule has 1 amide bonds. The fourth-order valence-corrected chi connectivity index (χ4v) is 3.09. The van der Waals surface area contributed by atoms with Crippen LogP contribution in [0, 0.1) is 11.8 Å². The quantitative estimate of drug-likeness (QED) is 0.748. The van der Waals surface area contributed by atoms with Crippen molar-refractivity contribution in [3.63, 3.8) is 0 Å². The Morgan fingerprint density at radius 2 is 1.88 bits per heavy atom. The molecule has 1 saturated carbocycles. The predicted molar refractivity (Wildman–Crippen MR) is 86.5 cm³/mol. The van der Waals surface area contributed by atoms with Crippen LogP contribution in [0.1, 0.15) is 24.8 Å². The minimum atomic E-state index is -4.90. The van der Waals surface area contributed by atoms with Gasteiger partial charge in [-0.05, 0) is 30.9 Å². The van der Waals surface area contributed by atoms with E-state index in [4.69, 9.17) is 5.73 Å². The molecule has 1 aromatic carbocycles. The molecule has 3 atom stereocenters. The molecule has 136 valence electrons. The van der Waals surface area contributed by atoms with Crippen molar-refractivity contribution in [3.8, 4) is 0 Å². The Balaban J connectivity index is 0.00000288. The maximum atomic E-state index is 13.3. The molecule has 1 fully saturated rings. The van der Waals surface area contributed by atoms with E-state index in [2.05, 4.69) is 5.32 Å². The van der Waals surface area contributed by atoms with Crippen LogP contribution in [0.3, 0.4) is 0 Å². The van der Waals surface area contributed by atoms with Gasteiger partial charge in [0.25, 0.3) is 0 Å². The number of hydrogen-bond acceptors (Lipinski definition) is 3. The standard InChI is InChI=1S/C16H21F3N2O2.ClH/c17-16(18,19)15(23,12-6-2-1-3-7-12)10-21-14(22)13-8-4-5-11(13)9-20;/h1-3,6-7,11,13,23H,4-5,8-10,20H2,(H,21,22);1H/t11-,13-,15?;/m1./s1. The zero-order valence-corrected chi connectivity index (χ0v) is 13.9. The molecule has 0 heterocycles. The molecule has 1 unspecified atom stereocenters. The first-order chi connectivity index (χ1) is 10.8. The average molecular weight is 367 g/mol. The van der Waals surface area contributed by atoms with Gasteiger partial charge in [-0.1, -0.05) is 36.8 Å². The Morgan fingerprint density at radius 1 is 1.25 bits per heavy atom. The minimum absolute atomic E-state index is 0. The molecule has 24 heavy (non-hydrogen) atoms. The van der Waals surface area contributed by atoms with Gasteiger partial charge in [0.2, 0.25) is 11.5 Å². The number of carbonyl (C=O) groups excluding carboxylic acids is 1. The highest BCUT2D eigenvalue weighted by Gasteiger charge is 2.55. The third-order valence-electron chi connectivity index (χ3n) is 4.54. The first-order valence-electron chi connectivity index (χ1n) is 7.62. The van der Waals surface area contributed by atoms with Crippen LogP contribution in [-0.2, 0) is 10.4 Å². The molecule has 2 rings (SSSR count). The van der Waals surface area contributed by atoms with Crippen molar-refractivity contribution in [3.05, 3.63) is 35.9 Å². The molecule has 8 heteroatoms. The molecule has 4 nitrogen and oxygen atoms in total. The van der Waals surface area contributed by atoms with Crippen molar-refractivity contribution in [2.75, 3.05) is 13.1 Å². The predicted octanol–water partition coefficient (Wildman–Crippen LogP) is 2.35. The van der Waals surface area contributed by atoms with Crippen LogP contribution in [0.25, 0.3) is 0 Å². The van der Waals surface area contributed by atoms with Gasteiger partial charge in [0.15, 0.2) is 0 Å². The van der Waals surface area contributed by atoms with Crippen LogP contribution >= 0.6 is 12.4 Å². The highest BCUT2D eigenvalue weighted by molar-refractivity contribution is 5.85. The maximum absolute atomic E-state index is 13.3. The van der Waals surface area contributed by atoms with Crippen molar-refractivity contribution in [2.24, 2.45) is 17.6 Å². The summed E-state index contributed by atoms with van der Waals surface area (Å²) in [5.41, 5.74) is 2.19. The summed E-state index contributed by atoms with van der Waals surface area (Å²) in [4.78, 5) is 12.2. The number of carbonyl (C=O) groups is 1. The summed E-state index contributed by atoms with van der Waals surface area (Å²) in [5, 5.41) is 12.4. The molecule has 0 saturated heterocycles. The van der Waals surface area contributed by atoms with Crippen LogP contribution in [-0.4, -0.2) is 30.3 Å². The third-order valence-corrected chi connectivity index (χ3v) is 4.54. The van der Waals surface area contributed by atoms with Gasteiger partial charge < -0.3 is 16.2 Å². The zero-order valence-electron chi connectivity index (χ0n) is 13.1. The number of nitrogens with one attached hydrogen (secondary N) is 1. The van der Waals surface area contributed by atoms with E-state index < -0.39 is 24.2 Å². The summed E-state index contributed by atoms with van der Waals surface area (Å²) >= 11 is 0. The van der Waals surface area contributed by atoms with Crippen molar-refractivity contribution in [2.45, 2.75) is 31.0 Å². The number of amides is 1. The van der Waals surface area contributed by atoms with Crippen LogP contribution < -0.4 is 11.1 Å². The van der Waals surface area contributed by atoms with Gasteiger partial charge in [-0.3, -0.25) is 4.79 Å². The summed E-state index contributed by atoms with van der Waals surface area (Å²) < 4.78 is 40.0. The number of rotatable bonds is 5. The van der Waals surface area contributed by atoms with Gasteiger partial charge in [0.05, 0.1) is 6.54 Å². The largest absolute Gasteiger partial charge is 0.423 e. The molecular weight excluding hydrogens is 345 g/mol. The molecule has 4 N–H and O–H groups in total. The molecule has 0 aromatic heterocycles. The van der Waals surface area contributed by atoms with E-state index in [1.165, 1.54) is 24.3 Å². The van der Waals surface area contributed by atoms with Crippen molar-refractivity contribution >= 4 is 18.3 Å². The molecule has 0 spiro atoms. The second kappa shape index (κ2) is 8.18. The van der Waals surface area contributed by atoms with Gasteiger partial charge >= 0.3 is 6.18 Å². The van der Waals surface area contributed by atoms with Crippen molar-refractivity contribution in [1.82, 2.24) is 5.32 Å². The van der Waals surface area contributed by atoms with E-state index in [1.807, 2.05) is 0 Å². The van der Waals surface area contributed by atoms with Crippen LogP contribution in [0.2, 0.25) is 0 Å². The normalized spacial score (nSPS) is 23.2. The van der Waals surface area contributed by atoms with E-state index in [0.717, 1.165) is 12.8 Å². The summed E-state index contributed by atoms with van der Waals surface area (Å²) in [6.07, 6.45) is -2.65. The Hall–Kier alpha value is -1.31. The lowest BCUT2D eigenvalue weighted by Gasteiger charge is -2.31. The highest BCUT2D eigenvalue weighted by Crippen LogP contribution is 2.39. The second-order valence-corrected chi connectivity index (χ2v) is 5.98.